The van der Waals surface area contributed by atoms with E-state index in [0.29, 0.717) is 13.0 Å². The van der Waals surface area contributed by atoms with Crippen LogP contribution in [0.15, 0.2) is 18.2 Å². The molecule has 2 nitrogen and oxygen atoms in total. The van der Waals surface area contributed by atoms with E-state index >= 15 is 0 Å². The van der Waals surface area contributed by atoms with Crippen LogP contribution < -0.4 is 4.74 Å². The molecule has 0 saturated heterocycles. The Morgan fingerprint density at radius 2 is 2.19 bits per heavy atom. The number of hydrogen-bond acceptors (Lipinski definition) is 2. The fourth-order valence-corrected chi connectivity index (χ4v) is 1.66. The van der Waals surface area contributed by atoms with Gasteiger partial charge in [0.15, 0.2) is 0 Å². The van der Waals surface area contributed by atoms with Crippen LogP contribution >= 0.6 is 11.6 Å². The standard InChI is InChI=1S/C13H16ClNO/c1-2-11-10-12(6-7-13(11)14)16-9-5-3-4-8-15/h6-7,10H,2-5,9H2,1H3. The maximum atomic E-state index is 8.38. The minimum Gasteiger partial charge on any atom is -0.494 e. The fraction of sp³-hybridized carbons (Fsp3) is 0.462. The molecule has 0 amide bonds. The first-order valence-electron chi connectivity index (χ1n) is 5.56. The van der Waals surface area contributed by atoms with Crippen molar-refractivity contribution in [3.63, 3.8) is 0 Å². The van der Waals surface area contributed by atoms with Crippen molar-refractivity contribution in [3.05, 3.63) is 28.8 Å². The summed E-state index contributed by atoms with van der Waals surface area (Å²) in [7, 11) is 0. The van der Waals surface area contributed by atoms with Gasteiger partial charge in [0.1, 0.15) is 5.75 Å². The molecule has 0 saturated carbocycles. The van der Waals surface area contributed by atoms with Gasteiger partial charge in [0.05, 0.1) is 12.7 Å². The van der Waals surface area contributed by atoms with E-state index in [2.05, 4.69) is 13.0 Å². The lowest BCUT2D eigenvalue weighted by atomic mass is 10.1. The maximum absolute atomic E-state index is 8.38. The Kier molecular flexibility index (Phi) is 5.74. The smallest absolute Gasteiger partial charge is 0.119 e. The Bertz CT molecular complexity index is 371. The van der Waals surface area contributed by atoms with Crippen LogP contribution in [0.3, 0.4) is 0 Å². The van der Waals surface area contributed by atoms with Crippen molar-refractivity contribution in [2.24, 2.45) is 0 Å². The topological polar surface area (TPSA) is 33.0 Å². The predicted octanol–water partition coefficient (Wildman–Crippen LogP) is 3.98. The van der Waals surface area contributed by atoms with Gasteiger partial charge in [0.2, 0.25) is 0 Å². The minimum absolute atomic E-state index is 0.601. The molecule has 0 atom stereocenters. The first-order chi connectivity index (χ1) is 7.77. The molecule has 0 bridgehead atoms. The fourth-order valence-electron chi connectivity index (χ4n) is 1.41. The Hall–Kier alpha value is -1.20. The summed E-state index contributed by atoms with van der Waals surface area (Å²) in [5.74, 6) is 0.859. The Labute approximate surface area is 102 Å². The van der Waals surface area contributed by atoms with Gasteiger partial charge in [-0.1, -0.05) is 18.5 Å². The molecule has 0 aliphatic carbocycles. The molecule has 0 aliphatic heterocycles. The molecule has 0 aromatic heterocycles. The van der Waals surface area contributed by atoms with Gasteiger partial charge in [0, 0.05) is 11.4 Å². The van der Waals surface area contributed by atoms with Gasteiger partial charge in [-0.25, -0.2) is 0 Å². The van der Waals surface area contributed by atoms with E-state index in [1.807, 2.05) is 18.2 Å². The number of ether oxygens (including phenoxy) is 1. The molecule has 3 heteroatoms. The second-order valence-corrected chi connectivity index (χ2v) is 3.98. The van der Waals surface area contributed by atoms with E-state index in [9.17, 15) is 0 Å². The van der Waals surface area contributed by atoms with Gasteiger partial charge in [-0.3, -0.25) is 0 Å². The minimum atomic E-state index is 0.601. The average molecular weight is 238 g/mol. The summed E-state index contributed by atoms with van der Waals surface area (Å²) in [5, 5.41) is 9.17. The van der Waals surface area contributed by atoms with Crippen LogP contribution in [0.1, 0.15) is 31.7 Å². The summed E-state index contributed by atoms with van der Waals surface area (Å²) < 4.78 is 5.58. The third-order valence-electron chi connectivity index (χ3n) is 2.35. The van der Waals surface area contributed by atoms with Crippen LogP contribution in [0.2, 0.25) is 5.02 Å². The number of aryl methyl sites for hydroxylation is 1. The highest BCUT2D eigenvalue weighted by molar-refractivity contribution is 6.31. The molecular weight excluding hydrogens is 222 g/mol. The van der Waals surface area contributed by atoms with Crippen molar-refractivity contribution in [2.75, 3.05) is 6.61 Å². The summed E-state index contributed by atoms with van der Waals surface area (Å²) >= 11 is 6.01. The predicted molar refractivity (Wildman–Crippen MR) is 65.8 cm³/mol. The summed E-state index contributed by atoms with van der Waals surface area (Å²) in [6, 6.07) is 7.84. The van der Waals surface area contributed by atoms with Gasteiger partial charge in [-0.15, -0.1) is 0 Å². The molecule has 1 aromatic rings. The third-order valence-corrected chi connectivity index (χ3v) is 2.72. The van der Waals surface area contributed by atoms with Crippen LogP contribution in [0, 0.1) is 11.3 Å². The van der Waals surface area contributed by atoms with E-state index in [1.165, 1.54) is 0 Å². The van der Waals surface area contributed by atoms with Gasteiger partial charge in [0.25, 0.3) is 0 Å². The van der Waals surface area contributed by atoms with Crippen LogP contribution in [-0.2, 0) is 6.42 Å². The quantitative estimate of drug-likeness (QED) is 0.702. The zero-order chi connectivity index (χ0) is 11.8. The van der Waals surface area contributed by atoms with Crippen molar-refractivity contribution in [1.82, 2.24) is 0 Å². The van der Waals surface area contributed by atoms with Crippen LogP contribution in [0.5, 0.6) is 5.75 Å². The SMILES string of the molecule is CCc1cc(OCCCCC#N)ccc1Cl. The lowest BCUT2D eigenvalue weighted by Gasteiger charge is -2.08. The highest BCUT2D eigenvalue weighted by Crippen LogP contribution is 2.22. The highest BCUT2D eigenvalue weighted by Gasteiger charge is 2.00. The van der Waals surface area contributed by atoms with Gasteiger partial charge >= 0.3 is 0 Å². The normalized spacial score (nSPS) is 9.81. The largest absolute Gasteiger partial charge is 0.494 e. The third kappa shape index (κ3) is 4.12. The number of nitrogens with zero attached hydrogens (tertiary/aromatic N) is 1. The van der Waals surface area contributed by atoms with E-state index in [4.69, 9.17) is 21.6 Å². The van der Waals surface area contributed by atoms with Gasteiger partial charge in [-0.2, -0.15) is 5.26 Å². The Morgan fingerprint density at radius 3 is 2.88 bits per heavy atom. The molecule has 16 heavy (non-hydrogen) atoms. The number of nitriles is 1. The molecule has 0 N–H and O–H groups in total. The van der Waals surface area contributed by atoms with E-state index in [0.717, 1.165) is 35.6 Å². The number of unbranched alkanes of at least 4 members (excludes halogenated alkanes) is 2. The molecule has 0 unspecified atom stereocenters. The molecule has 0 heterocycles. The summed E-state index contributed by atoms with van der Waals surface area (Å²) in [4.78, 5) is 0. The van der Waals surface area contributed by atoms with Crippen molar-refractivity contribution >= 4 is 11.6 Å². The van der Waals surface area contributed by atoms with Gasteiger partial charge in [-0.05, 0) is 43.0 Å². The van der Waals surface area contributed by atoms with E-state index in [-0.39, 0.29) is 0 Å². The van der Waals surface area contributed by atoms with Crippen LogP contribution in [-0.4, -0.2) is 6.61 Å². The zero-order valence-corrected chi connectivity index (χ0v) is 10.3. The number of benzene rings is 1. The Balaban J connectivity index is 2.40. The molecule has 1 aromatic carbocycles. The summed E-state index contributed by atoms with van der Waals surface area (Å²) in [6.45, 7) is 2.73. The highest BCUT2D eigenvalue weighted by atomic mass is 35.5. The average Bonchev–Trinajstić information content (AvgIpc) is 2.31. The first kappa shape index (κ1) is 12.9. The number of hydrogen-bond donors (Lipinski definition) is 0. The molecule has 0 aliphatic rings. The summed E-state index contributed by atoms with van der Waals surface area (Å²) in [6.07, 6.45) is 3.32. The summed E-state index contributed by atoms with van der Waals surface area (Å²) in [5.41, 5.74) is 1.11. The van der Waals surface area contributed by atoms with Crippen molar-refractivity contribution < 1.29 is 4.74 Å². The number of rotatable bonds is 6. The number of halogens is 1. The molecule has 0 fully saturated rings. The van der Waals surface area contributed by atoms with Crippen LogP contribution in [0.4, 0.5) is 0 Å². The van der Waals surface area contributed by atoms with E-state index in [1.54, 1.807) is 0 Å². The molecule has 1 rings (SSSR count). The van der Waals surface area contributed by atoms with Crippen molar-refractivity contribution in [3.8, 4) is 11.8 Å². The first-order valence-corrected chi connectivity index (χ1v) is 5.94. The molecule has 0 radical (unpaired) electrons. The second-order valence-electron chi connectivity index (χ2n) is 3.57. The Morgan fingerprint density at radius 1 is 1.38 bits per heavy atom. The molecule has 0 spiro atoms. The monoisotopic (exact) mass is 237 g/mol. The van der Waals surface area contributed by atoms with Crippen molar-refractivity contribution in [1.29, 1.82) is 5.26 Å². The van der Waals surface area contributed by atoms with Crippen LogP contribution in [0.25, 0.3) is 0 Å². The van der Waals surface area contributed by atoms with Gasteiger partial charge < -0.3 is 4.74 Å². The second kappa shape index (κ2) is 7.14. The van der Waals surface area contributed by atoms with Crippen molar-refractivity contribution in [2.45, 2.75) is 32.6 Å². The molecular formula is C13H16ClNO. The lowest BCUT2D eigenvalue weighted by molar-refractivity contribution is 0.307. The molecule has 86 valence electrons. The lowest BCUT2D eigenvalue weighted by Crippen LogP contribution is -1.97. The van der Waals surface area contributed by atoms with E-state index < -0.39 is 0 Å². The zero-order valence-electron chi connectivity index (χ0n) is 9.50. The maximum Gasteiger partial charge on any atom is 0.119 e.